The summed E-state index contributed by atoms with van der Waals surface area (Å²) in [7, 11) is 0. The Bertz CT molecular complexity index is 935. The molecular formula is C27H35N3O3. The highest BCUT2D eigenvalue weighted by Crippen LogP contribution is 2.28. The van der Waals surface area contributed by atoms with E-state index in [-0.39, 0.29) is 11.8 Å². The maximum absolute atomic E-state index is 13.0. The van der Waals surface area contributed by atoms with Gasteiger partial charge in [-0.2, -0.15) is 0 Å². The lowest BCUT2D eigenvalue weighted by Gasteiger charge is -2.33. The minimum atomic E-state index is -0.235. The normalized spacial score (nSPS) is 14.4. The molecule has 3 rings (SSSR count). The molecule has 1 aliphatic rings. The molecule has 0 aliphatic carbocycles. The number of rotatable bonds is 10. The Morgan fingerprint density at radius 2 is 1.88 bits per heavy atom. The van der Waals surface area contributed by atoms with Crippen LogP contribution in [0.15, 0.2) is 54.6 Å². The number of anilines is 2. The lowest BCUT2D eigenvalue weighted by Crippen LogP contribution is -2.35. The number of nitrogens with one attached hydrogen (secondary N) is 2. The Balaban J connectivity index is 1.72. The van der Waals surface area contributed by atoms with Gasteiger partial charge < -0.3 is 20.3 Å². The lowest BCUT2D eigenvalue weighted by molar-refractivity contribution is -0.111. The number of ether oxygens (including phenoxy) is 1. The number of carbonyl (C=O) groups excluding carboxylic acids is 2. The number of hydrogen-bond acceptors (Lipinski definition) is 4. The fourth-order valence-corrected chi connectivity index (χ4v) is 3.86. The van der Waals surface area contributed by atoms with Crippen LogP contribution in [0.4, 0.5) is 11.4 Å². The molecule has 1 fully saturated rings. The maximum atomic E-state index is 13.0. The quantitative estimate of drug-likeness (QED) is 0.406. The van der Waals surface area contributed by atoms with Crippen molar-refractivity contribution in [3.63, 3.8) is 0 Å². The summed E-state index contributed by atoms with van der Waals surface area (Å²) in [5, 5.41) is 5.89. The Hall–Kier alpha value is -3.12. The Labute approximate surface area is 197 Å². The van der Waals surface area contributed by atoms with Gasteiger partial charge >= 0.3 is 0 Å². The van der Waals surface area contributed by atoms with E-state index in [1.54, 1.807) is 12.1 Å². The summed E-state index contributed by atoms with van der Waals surface area (Å²) < 4.78 is 5.35. The van der Waals surface area contributed by atoms with Gasteiger partial charge in [0.15, 0.2) is 0 Å². The van der Waals surface area contributed by atoms with Crippen molar-refractivity contribution < 1.29 is 14.3 Å². The van der Waals surface area contributed by atoms with E-state index in [2.05, 4.69) is 22.5 Å². The van der Waals surface area contributed by atoms with Crippen molar-refractivity contribution in [3.05, 3.63) is 65.7 Å². The number of benzene rings is 2. The van der Waals surface area contributed by atoms with E-state index in [1.807, 2.05) is 49.4 Å². The second-order valence-corrected chi connectivity index (χ2v) is 8.44. The molecule has 0 unspecified atom stereocenters. The number of amides is 2. The standard InChI is InChI=1S/C27H35N3O3/c1-3-33-19-7-16-28-27(32)24-20-23(11-12-25(24)30-17-14-21(2)15-18-30)29-26(31)13-10-22-8-5-4-6-9-22/h4-6,8-13,20-21H,3,7,14-19H2,1-2H3,(H,28,32)(H,29,31). The summed E-state index contributed by atoms with van der Waals surface area (Å²) in [5.41, 5.74) is 3.06. The van der Waals surface area contributed by atoms with Gasteiger partial charge in [0.2, 0.25) is 5.91 Å². The molecule has 0 radical (unpaired) electrons. The van der Waals surface area contributed by atoms with Gasteiger partial charge in [-0.15, -0.1) is 0 Å². The maximum Gasteiger partial charge on any atom is 0.253 e. The summed E-state index contributed by atoms with van der Waals surface area (Å²) in [6.07, 6.45) is 6.25. The third kappa shape index (κ3) is 7.75. The summed E-state index contributed by atoms with van der Waals surface area (Å²) in [6, 6.07) is 15.3. The van der Waals surface area contributed by atoms with Crippen LogP contribution in [0.3, 0.4) is 0 Å². The van der Waals surface area contributed by atoms with E-state index >= 15 is 0 Å². The highest BCUT2D eigenvalue weighted by atomic mass is 16.5. The smallest absolute Gasteiger partial charge is 0.253 e. The molecule has 1 saturated heterocycles. The minimum Gasteiger partial charge on any atom is -0.382 e. The predicted octanol–water partition coefficient (Wildman–Crippen LogP) is 4.73. The molecule has 2 aromatic carbocycles. The predicted molar refractivity (Wildman–Crippen MR) is 135 cm³/mol. The van der Waals surface area contributed by atoms with Crippen LogP contribution in [-0.4, -0.2) is 44.7 Å². The molecule has 1 aliphatic heterocycles. The van der Waals surface area contributed by atoms with E-state index in [9.17, 15) is 9.59 Å². The first-order chi connectivity index (χ1) is 16.1. The first-order valence-corrected chi connectivity index (χ1v) is 11.9. The fourth-order valence-electron chi connectivity index (χ4n) is 3.86. The summed E-state index contributed by atoms with van der Waals surface area (Å²) in [5.74, 6) is 0.338. The van der Waals surface area contributed by atoms with Crippen LogP contribution >= 0.6 is 0 Å². The second kappa shape index (κ2) is 12.8. The van der Waals surface area contributed by atoms with Crippen molar-refractivity contribution in [2.24, 2.45) is 5.92 Å². The Morgan fingerprint density at radius 3 is 2.61 bits per heavy atom. The number of hydrogen-bond donors (Lipinski definition) is 2. The van der Waals surface area contributed by atoms with E-state index in [1.165, 1.54) is 6.08 Å². The molecule has 2 amide bonds. The zero-order chi connectivity index (χ0) is 23.5. The van der Waals surface area contributed by atoms with Crippen molar-refractivity contribution in [3.8, 4) is 0 Å². The molecule has 176 valence electrons. The molecule has 0 atom stereocenters. The molecule has 2 aromatic rings. The minimum absolute atomic E-state index is 0.129. The zero-order valence-corrected chi connectivity index (χ0v) is 19.7. The first kappa shape index (κ1) is 24.5. The number of piperidine rings is 1. The largest absolute Gasteiger partial charge is 0.382 e. The molecule has 33 heavy (non-hydrogen) atoms. The van der Waals surface area contributed by atoms with Gasteiger partial charge in [0.25, 0.3) is 5.91 Å². The molecule has 1 heterocycles. The molecule has 6 nitrogen and oxygen atoms in total. The molecular weight excluding hydrogens is 414 g/mol. The van der Waals surface area contributed by atoms with Crippen molar-refractivity contribution in [1.82, 2.24) is 5.32 Å². The third-order valence-corrected chi connectivity index (χ3v) is 5.81. The third-order valence-electron chi connectivity index (χ3n) is 5.81. The molecule has 0 saturated carbocycles. The van der Waals surface area contributed by atoms with Crippen LogP contribution in [0.5, 0.6) is 0 Å². The SMILES string of the molecule is CCOCCCNC(=O)c1cc(NC(=O)C=Cc2ccccc2)ccc1N1CCC(C)CC1. The van der Waals surface area contributed by atoms with Crippen molar-refractivity contribution >= 4 is 29.3 Å². The highest BCUT2D eigenvalue weighted by molar-refractivity contribution is 6.05. The van der Waals surface area contributed by atoms with E-state index < -0.39 is 0 Å². The van der Waals surface area contributed by atoms with Crippen molar-refractivity contribution in [2.75, 3.05) is 43.1 Å². The Kier molecular flexibility index (Phi) is 9.51. The van der Waals surface area contributed by atoms with Crippen LogP contribution in [0.2, 0.25) is 0 Å². The van der Waals surface area contributed by atoms with Gasteiger partial charge in [-0.3, -0.25) is 9.59 Å². The zero-order valence-electron chi connectivity index (χ0n) is 19.7. The molecule has 0 aromatic heterocycles. The molecule has 6 heteroatoms. The van der Waals surface area contributed by atoms with Crippen LogP contribution in [-0.2, 0) is 9.53 Å². The van der Waals surface area contributed by atoms with Gasteiger partial charge in [0.05, 0.1) is 5.56 Å². The van der Waals surface area contributed by atoms with Crippen LogP contribution in [0, 0.1) is 5.92 Å². The van der Waals surface area contributed by atoms with Crippen LogP contribution in [0.25, 0.3) is 6.08 Å². The fraction of sp³-hybridized carbons (Fsp3) is 0.407. The second-order valence-electron chi connectivity index (χ2n) is 8.44. The molecule has 0 spiro atoms. The van der Waals surface area contributed by atoms with Gasteiger partial charge in [0, 0.05) is 50.3 Å². The van der Waals surface area contributed by atoms with Gasteiger partial charge in [0.1, 0.15) is 0 Å². The van der Waals surface area contributed by atoms with E-state index in [0.717, 1.165) is 43.6 Å². The van der Waals surface area contributed by atoms with Crippen LogP contribution in [0.1, 0.15) is 49.0 Å². The van der Waals surface area contributed by atoms with Gasteiger partial charge in [-0.1, -0.05) is 37.3 Å². The summed E-state index contributed by atoms with van der Waals surface area (Å²) in [6.45, 7) is 7.92. The number of nitrogens with zero attached hydrogens (tertiary/aromatic N) is 1. The average Bonchev–Trinajstić information content (AvgIpc) is 2.84. The van der Waals surface area contributed by atoms with Gasteiger partial charge in [-0.05, 0) is 61.9 Å². The van der Waals surface area contributed by atoms with E-state index in [4.69, 9.17) is 4.74 Å². The molecule has 0 bridgehead atoms. The number of carbonyl (C=O) groups is 2. The first-order valence-electron chi connectivity index (χ1n) is 11.9. The topological polar surface area (TPSA) is 70.7 Å². The lowest BCUT2D eigenvalue weighted by atomic mass is 9.97. The van der Waals surface area contributed by atoms with Crippen molar-refractivity contribution in [2.45, 2.75) is 33.1 Å². The van der Waals surface area contributed by atoms with E-state index in [0.29, 0.717) is 36.9 Å². The van der Waals surface area contributed by atoms with Gasteiger partial charge in [-0.25, -0.2) is 0 Å². The average molecular weight is 450 g/mol. The molecule has 2 N–H and O–H groups in total. The highest BCUT2D eigenvalue weighted by Gasteiger charge is 2.21. The van der Waals surface area contributed by atoms with Crippen molar-refractivity contribution in [1.29, 1.82) is 0 Å². The Morgan fingerprint density at radius 1 is 1.12 bits per heavy atom. The van der Waals surface area contributed by atoms with Crippen LogP contribution < -0.4 is 15.5 Å². The summed E-state index contributed by atoms with van der Waals surface area (Å²) in [4.78, 5) is 27.8. The monoisotopic (exact) mass is 449 g/mol. The summed E-state index contributed by atoms with van der Waals surface area (Å²) >= 11 is 0.